The van der Waals surface area contributed by atoms with Crippen LogP contribution in [0.3, 0.4) is 0 Å². The summed E-state index contributed by atoms with van der Waals surface area (Å²) in [7, 11) is 0. The predicted octanol–water partition coefficient (Wildman–Crippen LogP) is 5.74. The van der Waals surface area contributed by atoms with E-state index in [1.54, 1.807) is 0 Å². The third-order valence-corrected chi connectivity index (χ3v) is 9.01. The molecule has 2 aliphatic heterocycles. The maximum atomic E-state index is 11.8. The number of ether oxygens (including phenoxy) is 2. The first-order valence-electron chi connectivity index (χ1n) is 16.9. The number of hydrogen-bond acceptors (Lipinski definition) is 8. The smallest absolute Gasteiger partial charge is 0.251 e. The molecule has 0 aliphatic carbocycles. The average Bonchev–Trinajstić information content (AvgIpc) is 3.12. The number of carbonyl (C=O) groups is 2. The van der Waals surface area contributed by atoms with Gasteiger partial charge in [-0.05, 0) is 85.1 Å². The maximum Gasteiger partial charge on any atom is 0.251 e. The van der Waals surface area contributed by atoms with Crippen LogP contribution in [0.1, 0.15) is 55.8 Å². The molecule has 51 heavy (non-hydrogen) atoms. The molecule has 0 bridgehead atoms. The van der Waals surface area contributed by atoms with Crippen LogP contribution in [0.25, 0.3) is 0 Å². The Balaban J connectivity index is 0.000000246. The molecule has 0 spiro atoms. The fourth-order valence-corrected chi connectivity index (χ4v) is 5.81. The summed E-state index contributed by atoms with van der Waals surface area (Å²) < 4.78 is 10.2. The molecule has 6 N–H and O–H groups in total. The number of aryl methyl sites for hydroxylation is 2. The van der Waals surface area contributed by atoms with Gasteiger partial charge in [-0.3, -0.25) is 9.59 Å². The van der Waals surface area contributed by atoms with Gasteiger partial charge < -0.3 is 35.8 Å². The van der Waals surface area contributed by atoms with Crippen molar-refractivity contribution in [3.8, 4) is 11.5 Å². The van der Waals surface area contributed by atoms with Crippen molar-refractivity contribution in [2.75, 3.05) is 50.3 Å². The Kier molecular flexibility index (Phi) is 21.9. The van der Waals surface area contributed by atoms with E-state index in [9.17, 15) is 9.59 Å². The molecule has 0 unspecified atom stereocenters. The molecule has 2 heterocycles. The van der Waals surface area contributed by atoms with Crippen molar-refractivity contribution >= 4 is 35.3 Å². The molecule has 6 rings (SSSR count). The van der Waals surface area contributed by atoms with E-state index in [2.05, 4.69) is 35.3 Å². The Hall–Kier alpha value is -4.00. The van der Waals surface area contributed by atoms with Crippen molar-refractivity contribution in [3.63, 3.8) is 0 Å². The molecule has 2 aliphatic rings. The molecular weight excluding hydrogens is 685 g/mol. The second kappa shape index (κ2) is 25.9. The number of nitrogens with one attached hydrogen (secondary N) is 2. The lowest BCUT2D eigenvalue weighted by molar-refractivity contribution is 0.0936. The van der Waals surface area contributed by atoms with E-state index < -0.39 is 0 Å². The minimum atomic E-state index is -0.0983. The lowest BCUT2D eigenvalue weighted by Crippen LogP contribution is -2.27. The Bertz CT molecular complexity index is 1420. The summed E-state index contributed by atoms with van der Waals surface area (Å²) in [5, 5.41) is 22.7. The molecule has 0 fully saturated rings. The minimum Gasteiger partial charge on any atom is -0.488 e. The van der Waals surface area contributed by atoms with E-state index in [1.807, 2.05) is 108 Å². The lowest BCUT2D eigenvalue weighted by Gasteiger charge is -2.18. The van der Waals surface area contributed by atoms with Crippen LogP contribution in [-0.2, 0) is 26.1 Å². The normalized spacial score (nSPS) is 11.1. The molecule has 4 aromatic rings. The quantitative estimate of drug-likeness (QED) is 0.120. The number of carbonyl (C=O) groups excluding carboxylic acids is 2. The molecule has 4 aromatic carbocycles. The molecule has 0 saturated heterocycles. The minimum absolute atomic E-state index is 0. The van der Waals surface area contributed by atoms with Gasteiger partial charge in [0, 0.05) is 35.3 Å². The van der Waals surface area contributed by atoms with Gasteiger partial charge in [0.05, 0.1) is 13.2 Å². The molecule has 0 radical (unpaired) electrons. The van der Waals surface area contributed by atoms with Crippen molar-refractivity contribution < 1.29 is 34.8 Å². The van der Waals surface area contributed by atoms with Gasteiger partial charge in [0.25, 0.3) is 11.8 Å². The molecule has 11 heteroatoms. The van der Waals surface area contributed by atoms with E-state index in [-0.39, 0.29) is 30.5 Å². The Morgan fingerprint density at radius 3 is 1.27 bits per heavy atom. The summed E-state index contributed by atoms with van der Waals surface area (Å²) >= 11 is 3.63. The zero-order valence-corrected chi connectivity index (χ0v) is 31.2. The van der Waals surface area contributed by atoms with E-state index in [1.165, 1.54) is 11.1 Å². The van der Waals surface area contributed by atoms with Crippen molar-refractivity contribution in [2.45, 2.75) is 38.9 Å². The largest absolute Gasteiger partial charge is 0.488 e. The number of thioether (sulfide) groups is 2. The fraction of sp³-hybridized carbons (Fsp3) is 0.350. The zero-order chi connectivity index (χ0) is 35.8. The Morgan fingerprint density at radius 1 is 0.608 bits per heavy atom. The first-order valence-corrected chi connectivity index (χ1v) is 19.6. The molecule has 2 amide bonds. The highest BCUT2D eigenvalue weighted by Crippen LogP contribution is 2.28. The molecular formula is C40H52N2O7S2. The number of aliphatic hydroxyl groups is 2. The maximum absolute atomic E-state index is 11.8. The van der Waals surface area contributed by atoms with Crippen LogP contribution in [-0.4, -0.2) is 77.8 Å². The number of hydrogen-bond donors (Lipinski definition) is 4. The second-order valence-electron chi connectivity index (χ2n) is 11.3. The predicted molar refractivity (Wildman–Crippen MR) is 210 cm³/mol. The van der Waals surface area contributed by atoms with E-state index in [0.717, 1.165) is 84.2 Å². The van der Waals surface area contributed by atoms with E-state index >= 15 is 0 Å². The molecule has 276 valence electrons. The van der Waals surface area contributed by atoms with Crippen molar-refractivity contribution in [1.82, 2.24) is 10.6 Å². The van der Waals surface area contributed by atoms with Gasteiger partial charge in [0.15, 0.2) is 0 Å². The summed E-state index contributed by atoms with van der Waals surface area (Å²) in [4.78, 5) is 23.7. The number of fused-ring (bicyclic) bond motifs is 2. The van der Waals surface area contributed by atoms with Gasteiger partial charge in [0.2, 0.25) is 0 Å². The van der Waals surface area contributed by atoms with Crippen LogP contribution in [0.2, 0.25) is 0 Å². The lowest BCUT2D eigenvalue weighted by atomic mass is 10.0. The standard InChI is InChI=1S/2C13H19NO2S.2C7H6O.H2O/c2*1-17-10-4-6-11-5-2-3-7-12(11)13(16)14-8-9-15;2*1-2-4-7-6(3-1)5-8-7;/h2*2-3,5,7,15H,4,6,8-10H2,1H3,(H,14,16);2*1-4H,5H2;1H2. The van der Waals surface area contributed by atoms with Gasteiger partial charge in [0.1, 0.15) is 24.7 Å². The van der Waals surface area contributed by atoms with Gasteiger partial charge in [-0.2, -0.15) is 23.5 Å². The fourth-order valence-electron chi connectivity index (χ4n) is 4.94. The molecule has 0 atom stereocenters. The zero-order valence-electron chi connectivity index (χ0n) is 29.6. The van der Waals surface area contributed by atoms with Crippen LogP contribution in [0.4, 0.5) is 0 Å². The first kappa shape index (κ1) is 43.2. The third-order valence-electron chi connectivity index (χ3n) is 7.62. The highest BCUT2D eigenvalue weighted by molar-refractivity contribution is 7.98. The Morgan fingerprint density at radius 2 is 0.980 bits per heavy atom. The SMILES string of the molecule is CSCCCc1ccccc1C(=O)NCCO.CSCCCc1ccccc1C(=O)NCCO.O.c1ccc2c(c1)CO2.c1ccc2c(c1)CO2. The van der Waals surface area contributed by atoms with E-state index in [0.29, 0.717) is 13.1 Å². The van der Waals surface area contributed by atoms with Crippen LogP contribution in [0.5, 0.6) is 11.5 Å². The first-order chi connectivity index (χ1) is 24.5. The van der Waals surface area contributed by atoms with Crippen molar-refractivity contribution in [1.29, 1.82) is 0 Å². The molecule has 0 saturated carbocycles. The average molecular weight is 737 g/mol. The van der Waals surface area contributed by atoms with Crippen LogP contribution < -0.4 is 20.1 Å². The number of rotatable bonds is 14. The number of benzene rings is 4. The Labute approximate surface area is 310 Å². The van der Waals surface area contributed by atoms with Gasteiger partial charge in [-0.15, -0.1) is 0 Å². The van der Waals surface area contributed by atoms with Gasteiger partial charge in [-0.1, -0.05) is 72.8 Å². The summed E-state index contributed by atoms with van der Waals surface area (Å²) in [5.41, 5.74) is 6.26. The number of aliphatic hydroxyl groups excluding tert-OH is 2. The van der Waals surface area contributed by atoms with Crippen LogP contribution >= 0.6 is 23.5 Å². The highest BCUT2D eigenvalue weighted by atomic mass is 32.2. The van der Waals surface area contributed by atoms with Gasteiger partial charge >= 0.3 is 0 Å². The monoisotopic (exact) mass is 736 g/mol. The highest BCUT2D eigenvalue weighted by Gasteiger charge is 2.12. The summed E-state index contributed by atoms with van der Waals surface area (Å²) in [6.07, 6.45) is 8.16. The number of amides is 2. The third kappa shape index (κ3) is 15.4. The van der Waals surface area contributed by atoms with Crippen molar-refractivity contribution in [2.24, 2.45) is 0 Å². The molecule has 0 aromatic heterocycles. The van der Waals surface area contributed by atoms with Crippen LogP contribution in [0.15, 0.2) is 97.1 Å². The van der Waals surface area contributed by atoms with E-state index in [4.69, 9.17) is 19.7 Å². The summed E-state index contributed by atoms with van der Waals surface area (Å²) in [6, 6.07) is 31.5. The summed E-state index contributed by atoms with van der Waals surface area (Å²) in [5.74, 6) is 4.11. The van der Waals surface area contributed by atoms with Crippen molar-refractivity contribution in [3.05, 3.63) is 130 Å². The van der Waals surface area contributed by atoms with Crippen LogP contribution in [0, 0.1) is 0 Å². The summed E-state index contributed by atoms with van der Waals surface area (Å²) in [6.45, 7) is 2.16. The number of para-hydroxylation sites is 2. The van der Waals surface area contributed by atoms with Gasteiger partial charge in [-0.25, -0.2) is 0 Å². The molecule has 9 nitrogen and oxygen atoms in total. The topological polar surface area (TPSA) is 149 Å². The second-order valence-corrected chi connectivity index (χ2v) is 13.2.